The monoisotopic (exact) mass is 429 g/mol. The summed E-state index contributed by atoms with van der Waals surface area (Å²) in [4.78, 5) is 18.6. The third-order valence-electron chi connectivity index (χ3n) is 5.92. The van der Waals surface area contributed by atoms with E-state index in [9.17, 15) is 9.18 Å². The van der Waals surface area contributed by atoms with Gasteiger partial charge in [0.05, 0.1) is 12.3 Å². The highest BCUT2D eigenvalue weighted by Crippen LogP contribution is 2.39. The fourth-order valence-electron chi connectivity index (χ4n) is 4.52. The highest BCUT2D eigenvalue weighted by atomic mass is 19.1. The number of H-pyrrole nitrogens is 1. The van der Waals surface area contributed by atoms with Gasteiger partial charge in [-0.25, -0.2) is 9.18 Å². The van der Waals surface area contributed by atoms with E-state index in [1.807, 2.05) is 43.3 Å². The van der Waals surface area contributed by atoms with Crippen LogP contribution in [0.4, 0.5) is 14.9 Å². The summed E-state index contributed by atoms with van der Waals surface area (Å²) in [5.74, 6) is 0.269. The zero-order chi connectivity index (χ0) is 22.1. The van der Waals surface area contributed by atoms with Crippen LogP contribution in [-0.2, 0) is 6.42 Å². The van der Waals surface area contributed by atoms with Crippen LogP contribution in [0.15, 0.2) is 72.8 Å². The molecular weight excluding hydrogens is 405 g/mol. The molecule has 1 atom stereocenters. The maximum absolute atomic E-state index is 15.0. The Morgan fingerprint density at radius 1 is 1.09 bits per heavy atom. The van der Waals surface area contributed by atoms with E-state index in [2.05, 4.69) is 16.4 Å². The van der Waals surface area contributed by atoms with Crippen LogP contribution in [-0.4, -0.2) is 29.1 Å². The number of aromatic nitrogens is 1. The molecule has 3 aromatic carbocycles. The van der Waals surface area contributed by atoms with E-state index in [1.165, 1.54) is 6.07 Å². The summed E-state index contributed by atoms with van der Waals surface area (Å²) < 4.78 is 20.6. The molecule has 0 unspecified atom stereocenters. The summed E-state index contributed by atoms with van der Waals surface area (Å²) in [6.07, 6.45) is 0.685. The quantitative estimate of drug-likeness (QED) is 0.425. The third-order valence-corrected chi connectivity index (χ3v) is 5.92. The van der Waals surface area contributed by atoms with Gasteiger partial charge in [0.15, 0.2) is 0 Å². The summed E-state index contributed by atoms with van der Waals surface area (Å²) in [5.41, 5.74) is 4.04. The first-order valence-corrected chi connectivity index (χ1v) is 10.8. The van der Waals surface area contributed by atoms with Gasteiger partial charge in [-0.1, -0.05) is 48.5 Å². The van der Waals surface area contributed by atoms with Crippen LogP contribution in [0, 0.1) is 5.82 Å². The standard InChI is InChI=1S/C26H24FN3O2/c1-2-32-23-14-8-7-13-22(23)29-26(31)30-16-15-18-17-9-4-6-12-21(17)28-24(18)25(30)19-10-3-5-11-20(19)27/h3-14,25,28H,2,15-16H2,1H3,(H,29,31)/t25-/m1/s1. The number of amides is 2. The molecule has 0 aliphatic carbocycles. The lowest BCUT2D eigenvalue weighted by molar-refractivity contribution is 0.191. The first kappa shape index (κ1) is 20.1. The number of anilines is 1. The average Bonchev–Trinajstić information content (AvgIpc) is 3.19. The largest absolute Gasteiger partial charge is 0.492 e. The highest BCUT2D eigenvalue weighted by Gasteiger charge is 2.36. The third kappa shape index (κ3) is 3.47. The number of benzene rings is 3. The molecule has 6 heteroatoms. The second-order valence-electron chi connectivity index (χ2n) is 7.79. The van der Waals surface area contributed by atoms with Crippen LogP contribution in [0.5, 0.6) is 5.75 Å². The molecule has 0 saturated carbocycles. The van der Waals surface area contributed by atoms with Gasteiger partial charge in [-0.3, -0.25) is 0 Å². The maximum atomic E-state index is 15.0. The Kier molecular flexibility index (Phi) is 5.27. The number of carbonyl (C=O) groups is 1. The van der Waals surface area contributed by atoms with E-state index in [-0.39, 0.29) is 11.8 Å². The van der Waals surface area contributed by atoms with Crippen LogP contribution in [0.2, 0.25) is 0 Å². The van der Waals surface area contributed by atoms with Crippen molar-refractivity contribution in [1.29, 1.82) is 0 Å². The van der Waals surface area contributed by atoms with Crippen LogP contribution >= 0.6 is 0 Å². The van der Waals surface area contributed by atoms with Gasteiger partial charge < -0.3 is 19.9 Å². The highest BCUT2D eigenvalue weighted by molar-refractivity contribution is 5.92. The van der Waals surface area contributed by atoms with Gasteiger partial charge in [-0.05, 0) is 43.2 Å². The second kappa shape index (κ2) is 8.38. The maximum Gasteiger partial charge on any atom is 0.322 e. The first-order chi connectivity index (χ1) is 15.7. The predicted molar refractivity (Wildman–Crippen MR) is 124 cm³/mol. The molecule has 32 heavy (non-hydrogen) atoms. The fourth-order valence-corrected chi connectivity index (χ4v) is 4.52. The summed E-state index contributed by atoms with van der Waals surface area (Å²) >= 11 is 0. The van der Waals surface area contributed by atoms with Crippen molar-refractivity contribution in [3.63, 3.8) is 0 Å². The molecule has 162 valence electrons. The number of ether oxygens (including phenoxy) is 1. The van der Waals surface area contributed by atoms with Crippen LogP contribution in [0.25, 0.3) is 10.9 Å². The number of carbonyl (C=O) groups excluding carboxylic acids is 1. The summed E-state index contributed by atoms with van der Waals surface area (Å²) in [7, 11) is 0. The molecule has 2 N–H and O–H groups in total. The molecule has 5 nitrogen and oxygen atoms in total. The second-order valence-corrected chi connectivity index (χ2v) is 7.79. The number of urea groups is 1. The molecule has 2 heterocycles. The minimum Gasteiger partial charge on any atom is -0.492 e. The van der Waals surface area contributed by atoms with Crippen molar-refractivity contribution in [3.05, 3.63) is 95.4 Å². The van der Waals surface area contributed by atoms with Gasteiger partial charge in [0, 0.05) is 28.7 Å². The van der Waals surface area contributed by atoms with Crippen molar-refractivity contribution in [2.45, 2.75) is 19.4 Å². The lowest BCUT2D eigenvalue weighted by Gasteiger charge is -2.36. The van der Waals surface area contributed by atoms with E-state index < -0.39 is 6.04 Å². The lowest BCUT2D eigenvalue weighted by atomic mass is 9.92. The molecule has 1 aliphatic rings. The van der Waals surface area contributed by atoms with E-state index in [0.717, 1.165) is 22.2 Å². The van der Waals surface area contributed by atoms with E-state index in [0.29, 0.717) is 36.6 Å². The molecule has 0 fully saturated rings. The number of hydrogen-bond donors (Lipinski definition) is 2. The number of nitrogens with one attached hydrogen (secondary N) is 2. The molecule has 0 saturated heterocycles. The molecule has 1 aromatic heterocycles. The Hall–Kier alpha value is -3.80. The molecular formula is C26H24FN3O2. The Labute approximate surface area is 185 Å². The van der Waals surface area contributed by atoms with Crippen LogP contribution in [0.1, 0.15) is 29.8 Å². The smallest absolute Gasteiger partial charge is 0.322 e. The molecule has 0 bridgehead atoms. The van der Waals surface area contributed by atoms with Gasteiger partial charge in [-0.2, -0.15) is 0 Å². The average molecular weight is 429 g/mol. The van der Waals surface area contributed by atoms with E-state index >= 15 is 0 Å². The minimum atomic E-state index is -0.563. The minimum absolute atomic E-state index is 0.297. The number of halogens is 1. The number of nitrogens with zero attached hydrogens (tertiary/aromatic N) is 1. The zero-order valence-electron chi connectivity index (χ0n) is 17.8. The molecule has 0 radical (unpaired) electrons. The molecule has 5 rings (SSSR count). The van der Waals surface area contributed by atoms with Gasteiger partial charge in [0.25, 0.3) is 0 Å². The Morgan fingerprint density at radius 2 is 1.84 bits per heavy atom. The Morgan fingerprint density at radius 3 is 2.69 bits per heavy atom. The summed E-state index contributed by atoms with van der Waals surface area (Å²) in [5, 5.41) is 4.09. The van der Waals surface area contributed by atoms with Crippen molar-refractivity contribution < 1.29 is 13.9 Å². The lowest BCUT2D eigenvalue weighted by Crippen LogP contribution is -2.43. The van der Waals surface area contributed by atoms with Crippen molar-refractivity contribution in [2.75, 3.05) is 18.5 Å². The van der Waals surface area contributed by atoms with Gasteiger partial charge >= 0.3 is 6.03 Å². The van der Waals surface area contributed by atoms with E-state index in [1.54, 1.807) is 29.2 Å². The molecule has 1 aliphatic heterocycles. The normalized spacial score (nSPS) is 15.4. The van der Waals surface area contributed by atoms with Gasteiger partial charge in [0.1, 0.15) is 17.6 Å². The number of rotatable bonds is 4. The summed E-state index contributed by atoms with van der Waals surface area (Å²) in [6, 6.07) is 21.2. The topological polar surface area (TPSA) is 57.4 Å². The number of aromatic amines is 1. The van der Waals surface area contributed by atoms with Crippen molar-refractivity contribution in [2.24, 2.45) is 0 Å². The van der Waals surface area contributed by atoms with Crippen molar-refractivity contribution in [3.8, 4) is 5.75 Å². The van der Waals surface area contributed by atoms with Crippen molar-refractivity contribution in [1.82, 2.24) is 9.88 Å². The first-order valence-electron chi connectivity index (χ1n) is 10.8. The van der Waals surface area contributed by atoms with Gasteiger partial charge in [0.2, 0.25) is 0 Å². The number of fused-ring (bicyclic) bond motifs is 3. The molecule has 0 spiro atoms. The number of hydrogen-bond acceptors (Lipinski definition) is 2. The number of para-hydroxylation sites is 3. The zero-order valence-corrected chi connectivity index (χ0v) is 17.8. The summed E-state index contributed by atoms with van der Waals surface area (Å²) in [6.45, 7) is 2.86. The predicted octanol–water partition coefficient (Wildman–Crippen LogP) is 5.89. The Bertz CT molecular complexity index is 1280. The van der Waals surface area contributed by atoms with Crippen LogP contribution < -0.4 is 10.1 Å². The van der Waals surface area contributed by atoms with E-state index in [4.69, 9.17) is 4.74 Å². The van der Waals surface area contributed by atoms with Crippen LogP contribution in [0.3, 0.4) is 0 Å². The SMILES string of the molecule is CCOc1ccccc1NC(=O)N1CCc2c([nH]c3ccccc23)[C@H]1c1ccccc1F. The molecule has 4 aromatic rings. The fraction of sp³-hybridized carbons (Fsp3) is 0.192. The van der Waals surface area contributed by atoms with Gasteiger partial charge in [-0.15, -0.1) is 0 Å². The van der Waals surface area contributed by atoms with Crippen molar-refractivity contribution >= 4 is 22.6 Å². The Balaban J connectivity index is 1.57. The molecule has 2 amide bonds.